The number of aromatic nitrogens is 2. The molecule has 5 aromatic rings. The van der Waals surface area contributed by atoms with Crippen molar-refractivity contribution in [3.05, 3.63) is 125 Å². The van der Waals surface area contributed by atoms with Crippen LogP contribution in [0.2, 0.25) is 0 Å². The number of aryl methyl sites for hydroxylation is 1. The number of unbranched alkanes of at least 4 members (excludes halogenated alkanes) is 2. The first-order valence-electron chi connectivity index (χ1n) is 14.2. The average Bonchev–Trinajstić information content (AvgIpc) is 3.01. The molecule has 1 heterocycles. The predicted octanol–water partition coefficient (Wildman–Crippen LogP) is 9.91. The normalized spacial score (nSPS) is 11.4. The Labute approximate surface area is 259 Å². The summed E-state index contributed by atoms with van der Waals surface area (Å²) in [5.74, 6) is -6.67. The van der Waals surface area contributed by atoms with E-state index in [0.29, 0.717) is 17.7 Å². The van der Waals surface area contributed by atoms with Crippen molar-refractivity contribution < 1.29 is 35.5 Å². The average molecular weight is 636 g/mol. The summed E-state index contributed by atoms with van der Waals surface area (Å²) in [5.41, 5.74) is -1.26. The molecular weight excluding hydrogens is 611 g/mol. The Morgan fingerprint density at radius 2 is 1.26 bits per heavy atom. The Kier molecular flexibility index (Phi) is 9.37. The number of hydrogen-bond acceptors (Lipinski definition) is 4. The third-order valence-electron chi connectivity index (χ3n) is 7.23. The maximum atomic E-state index is 15.0. The van der Waals surface area contributed by atoms with Gasteiger partial charge in [0.2, 0.25) is 0 Å². The number of ether oxygens (including phenoxy) is 1. The second kappa shape index (κ2) is 13.4. The van der Waals surface area contributed by atoms with Gasteiger partial charge in [0, 0.05) is 23.5 Å². The van der Waals surface area contributed by atoms with E-state index < -0.39 is 52.1 Å². The first-order chi connectivity index (χ1) is 22.0. The summed E-state index contributed by atoms with van der Waals surface area (Å²) in [5, 5.41) is 8.83. The van der Waals surface area contributed by atoms with E-state index in [9.17, 15) is 22.0 Å². The molecule has 0 aliphatic heterocycles. The van der Waals surface area contributed by atoms with Gasteiger partial charge in [-0.3, -0.25) is 0 Å². The molecule has 234 valence electrons. The van der Waals surface area contributed by atoms with E-state index in [4.69, 9.17) is 5.26 Å². The van der Waals surface area contributed by atoms with Gasteiger partial charge in [0.15, 0.2) is 5.82 Å². The minimum absolute atomic E-state index is 0.0240. The van der Waals surface area contributed by atoms with E-state index in [1.807, 2.05) is 0 Å². The van der Waals surface area contributed by atoms with E-state index >= 15 is 8.78 Å². The lowest BCUT2D eigenvalue weighted by atomic mass is 9.98. The molecule has 5 rings (SSSR count). The zero-order valence-electron chi connectivity index (χ0n) is 24.2. The fourth-order valence-corrected chi connectivity index (χ4v) is 4.87. The lowest BCUT2D eigenvalue weighted by Crippen LogP contribution is -2.25. The Morgan fingerprint density at radius 3 is 1.83 bits per heavy atom. The van der Waals surface area contributed by atoms with E-state index in [1.54, 1.807) is 0 Å². The highest BCUT2D eigenvalue weighted by atomic mass is 19.3. The third-order valence-corrected chi connectivity index (χ3v) is 7.23. The molecule has 46 heavy (non-hydrogen) atoms. The molecule has 0 spiro atoms. The number of nitriles is 1. The molecule has 11 heteroatoms. The topological polar surface area (TPSA) is 58.8 Å². The van der Waals surface area contributed by atoms with Crippen LogP contribution in [0.25, 0.3) is 33.6 Å². The molecular formula is C35H24F7N3O. The second-order valence-electron chi connectivity index (χ2n) is 10.5. The fraction of sp³-hybridized carbons (Fsp3) is 0.171. The summed E-state index contributed by atoms with van der Waals surface area (Å²) >= 11 is 0. The molecule has 0 fully saturated rings. The van der Waals surface area contributed by atoms with Gasteiger partial charge in [-0.25, -0.2) is 31.9 Å². The van der Waals surface area contributed by atoms with Gasteiger partial charge in [-0.15, -0.1) is 0 Å². The Hall–Kier alpha value is -5.24. The highest BCUT2D eigenvalue weighted by Gasteiger charge is 2.41. The van der Waals surface area contributed by atoms with Crippen molar-refractivity contribution in [2.75, 3.05) is 0 Å². The lowest BCUT2D eigenvalue weighted by molar-refractivity contribution is -0.189. The molecule has 0 unspecified atom stereocenters. The summed E-state index contributed by atoms with van der Waals surface area (Å²) in [6.07, 6.45) is 2.41. The van der Waals surface area contributed by atoms with Crippen LogP contribution in [0.4, 0.5) is 30.7 Å². The van der Waals surface area contributed by atoms with Crippen LogP contribution in [0.3, 0.4) is 0 Å². The smallest absolute Gasteiger partial charge is 0.429 e. The van der Waals surface area contributed by atoms with Gasteiger partial charge in [-0.1, -0.05) is 44.0 Å². The van der Waals surface area contributed by atoms with Crippen LogP contribution in [0.15, 0.2) is 79.1 Å². The van der Waals surface area contributed by atoms with Crippen LogP contribution >= 0.6 is 0 Å². The molecule has 1 aromatic heterocycles. The SMILES string of the molecule is CCCCCc1cnc(-c2cc(F)c(C(F)(F)Oc3ccc(-c4ccc(-c5cc(F)c(C#N)c(F)c5)c(F)c4)cc3)c(F)c2)nc1. The van der Waals surface area contributed by atoms with Crippen LogP contribution in [-0.4, -0.2) is 9.97 Å². The first-order valence-corrected chi connectivity index (χ1v) is 14.2. The van der Waals surface area contributed by atoms with Gasteiger partial charge in [-0.2, -0.15) is 14.0 Å². The molecule has 0 radical (unpaired) electrons. The summed E-state index contributed by atoms with van der Waals surface area (Å²) in [6, 6.07) is 13.1. The van der Waals surface area contributed by atoms with Crippen molar-refractivity contribution in [2.24, 2.45) is 0 Å². The van der Waals surface area contributed by atoms with E-state index in [-0.39, 0.29) is 28.1 Å². The zero-order valence-corrected chi connectivity index (χ0v) is 24.2. The van der Waals surface area contributed by atoms with E-state index in [1.165, 1.54) is 42.7 Å². The molecule has 0 aliphatic carbocycles. The minimum atomic E-state index is -4.41. The van der Waals surface area contributed by atoms with Crippen LogP contribution in [0.1, 0.15) is 42.9 Å². The van der Waals surface area contributed by atoms with Gasteiger partial charge >= 0.3 is 6.11 Å². The highest BCUT2D eigenvalue weighted by Crippen LogP contribution is 2.37. The van der Waals surface area contributed by atoms with Crippen molar-refractivity contribution in [3.63, 3.8) is 0 Å². The summed E-state index contributed by atoms with van der Waals surface area (Å²) in [4.78, 5) is 8.23. The number of rotatable bonds is 10. The molecule has 0 aliphatic rings. The zero-order chi connectivity index (χ0) is 33.0. The molecule has 4 aromatic carbocycles. The summed E-state index contributed by atoms with van der Waals surface area (Å²) in [6.45, 7) is 2.07. The van der Waals surface area contributed by atoms with Crippen LogP contribution in [-0.2, 0) is 12.5 Å². The van der Waals surface area contributed by atoms with E-state index in [2.05, 4.69) is 21.6 Å². The van der Waals surface area contributed by atoms with Gasteiger partial charge in [-0.05, 0) is 77.6 Å². The molecule has 0 atom stereocenters. The highest BCUT2D eigenvalue weighted by molar-refractivity contribution is 5.72. The first kappa shape index (κ1) is 32.2. The second-order valence-corrected chi connectivity index (χ2v) is 10.5. The standard InChI is InChI=1S/C35H24F7N3O/c1-2-3-4-5-20-18-44-34(45-19-20)24-15-31(39)33(32(40)16-24)35(41,42)46-25-9-6-21(7-10-25)22-8-11-26(28(36)12-22)23-13-29(37)27(17-43)30(38)14-23/h6-16,18-19H,2-5H2,1H3. The maximum Gasteiger partial charge on any atom is 0.432 e. The van der Waals surface area contributed by atoms with Gasteiger partial charge in [0.05, 0.1) is 0 Å². The van der Waals surface area contributed by atoms with Crippen LogP contribution in [0, 0.1) is 40.4 Å². The Morgan fingerprint density at radius 1 is 0.696 bits per heavy atom. The Balaban J connectivity index is 1.32. The minimum Gasteiger partial charge on any atom is -0.429 e. The number of hydrogen-bond donors (Lipinski definition) is 0. The van der Waals surface area contributed by atoms with Crippen molar-refractivity contribution >= 4 is 0 Å². The Bertz CT molecular complexity index is 1880. The van der Waals surface area contributed by atoms with Crippen LogP contribution < -0.4 is 4.74 Å². The molecule has 0 N–H and O–H groups in total. The number of alkyl halides is 2. The summed E-state index contributed by atoms with van der Waals surface area (Å²) < 4.78 is 108. The van der Waals surface area contributed by atoms with Crippen LogP contribution in [0.5, 0.6) is 5.75 Å². The fourth-order valence-electron chi connectivity index (χ4n) is 4.87. The monoisotopic (exact) mass is 635 g/mol. The molecule has 0 bridgehead atoms. The molecule has 0 saturated heterocycles. The van der Waals surface area contributed by atoms with Gasteiger partial charge < -0.3 is 4.74 Å². The largest absolute Gasteiger partial charge is 0.432 e. The van der Waals surface area contributed by atoms with Crippen molar-refractivity contribution in [1.82, 2.24) is 9.97 Å². The number of halogens is 7. The van der Waals surface area contributed by atoms with Gasteiger partial charge in [0.25, 0.3) is 0 Å². The quantitative estimate of drug-likeness (QED) is 0.113. The third kappa shape index (κ3) is 6.86. The molecule has 4 nitrogen and oxygen atoms in total. The predicted molar refractivity (Wildman–Crippen MR) is 157 cm³/mol. The van der Waals surface area contributed by atoms with Crippen molar-refractivity contribution in [1.29, 1.82) is 5.26 Å². The number of benzene rings is 4. The lowest BCUT2D eigenvalue weighted by Gasteiger charge is -2.20. The summed E-state index contributed by atoms with van der Waals surface area (Å²) in [7, 11) is 0. The van der Waals surface area contributed by atoms with Crippen molar-refractivity contribution in [3.8, 4) is 45.5 Å². The van der Waals surface area contributed by atoms with Crippen molar-refractivity contribution in [2.45, 2.75) is 38.7 Å². The molecule has 0 amide bonds. The van der Waals surface area contributed by atoms with E-state index in [0.717, 1.165) is 61.6 Å². The maximum absolute atomic E-state index is 15.0. The molecule has 0 saturated carbocycles. The van der Waals surface area contributed by atoms with Gasteiger partial charge in [0.1, 0.15) is 52.0 Å². The number of nitrogens with zero attached hydrogens (tertiary/aromatic N) is 3.